The van der Waals surface area contributed by atoms with E-state index in [2.05, 4.69) is 15.3 Å². The van der Waals surface area contributed by atoms with Crippen molar-refractivity contribution in [3.8, 4) is 6.07 Å². The third kappa shape index (κ3) is 5.18. The quantitative estimate of drug-likeness (QED) is 0.579. The van der Waals surface area contributed by atoms with Gasteiger partial charge < -0.3 is 4.74 Å². The van der Waals surface area contributed by atoms with Crippen LogP contribution in [0.2, 0.25) is 0 Å². The summed E-state index contributed by atoms with van der Waals surface area (Å²) in [5.41, 5.74) is -1.97. The number of amidine groups is 1. The molecular weight excluding hydrogens is 514 g/mol. The first-order valence-electron chi connectivity index (χ1n) is 12.0. The van der Waals surface area contributed by atoms with Crippen LogP contribution in [0.1, 0.15) is 69.3 Å². The first kappa shape index (κ1) is 27.4. The van der Waals surface area contributed by atoms with Gasteiger partial charge in [0.1, 0.15) is 39.4 Å². The molecule has 0 bridgehead atoms. The predicted molar refractivity (Wildman–Crippen MR) is 139 cm³/mol. The largest absolute Gasteiger partial charge is 0.444 e. The van der Waals surface area contributed by atoms with Crippen molar-refractivity contribution >= 4 is 33.7 Å². The SMILES string of the molecule is CC(C)(C)OC(=O)NC1=N[C@](C)(c2cc(/C=C(\F)c3ccc(C#N)cn3)ccc2F)CS(=O)(=O)C12CCC2. The van der Waals surface area contributed by atoms with Gasteiger partial charge in [0.15, 0.2) is 9.84 Å². The number of nitriles is 1. The Labute approximate surface area is 220 Å². The second-order valence-electron chi connectivity index (χ2n) is 10.7. The summed E-state index contributed by atoms with van der Waals surface area (Å²) in [5, 5.41) is 11.4. The molecule has 1 aromatic heterocycles. The molecule has 1 aromatic carbocycles. The average molecular weight is 543 g/mol. The molecule has 8 nitrogen and oxygen atoms in total. The number of aromatic nitrogens is 1. The van der Waals surface area contributed by atoms with Crippen molar-refractivity contribution in [3.05, 3.63) is 64.7 Å². The van der Waals surface area contributed by atoms with Crippen LogP contribution < -0.4 is 5.32 Å². The van der Waals surface area contributed by atoms with Gasteiger partial charge in [-0.2, -0.15) is 5.26 Å². The maximum atomic E-state index is 15.2. The highest BCUT2D eigenvalue weighted by atomic mass is 32.2. The highest BCUT2D eigenvalue weighted by Crippen LogP contribution is 2.47. The van der Waals surface area contributed by atoms with E-state index in [1.54, 1.807) is 20.8 Å². The normalized spacial score (nSPS) is 22.1. The summed E-state index contributed by atoms with van der Waals surface area (Å²) < 4.78 is 61.1. The number of pyridine rings is 1. The smallest absolute Gasteiger partial charge is 0.413 e. The van der Waals surface area contributed by atoms with Gasteiger partial charge in [0, 0.05) is 11.8 Å². The molecule has 2 heterocycles. The van der Waals surface area contributed by atoms with Crippen LogP contribution in [0.3, 0.4) is 0 Å². The van der Waals surface area contributed by atoms with E-state index in [1.807, 2.05) is 6.07 Å². The molecule has 1 saturated carbocycles. The molecule has 1 atom stereocenters. The molecule has 1 aliphatic carbocycles. The summed E-state index contributed by atoms with van der Waals surface area (Å²) in [5.74, 6) is -2.00. The second kappa shape index (κ2) is 9.58. The monoisotopic (exact) mass is 542 g/mol. The Kier molecular flexibility index (Phi) is 6.91. The topological polar surface area (TPSA) is 122 Å². The van der Waals surface area contributed by atoms with Crippen LogP contribution in [0, 0.1) is 17.1 Å². The number of sulfone groups is 1. The Hall–Kier alpha value is -3.65. The fourth-order valence-electron chi connectivity index (χ4n) is 4.63. The van der Waals surface area contributed by atoms with Crippen LogP contribution in [-0.4, -0.2) is 41.4 Å². The predicted octanol–water partition coefficient (Wildman–Crippen LogP) is 5.05. The minimum Gasteiger partial charge on any atom is -0.444 e. The fourth-order valence-corrected chi connectivity index (χ4v) is 7.17. The van der Waals surface area contributed by atoms with E-state index in [0.717, 1.165) is 12.1 Å². The van der Waals surface area contributed by atoms with Gasteiger partial charge in [-0.1, -0.05) is 6.07 Å². The fraction of sp³-hybridized carbons (Fsp3) is 0.407. The van der Waals surface area contributed by atoms with Crippen LogP contribution in [0.4, 0.5) is 13.6 Å². The molecule has 1 fully saturated rings. The van der Waals surface area contributed by atoms with E-state index in [-0.39, 0.29) is 41.1 Å². The summed E-state index contributed by atoms with van der Waals surface area (Å²) >= 11 is 0. The molecule has 1 spiro atoms. The third-order valence-corrected chi connectivity index (χ3v) is 9.37. The molecule has 0 radical (unpaired) electrons. The molecule has 2 aromatic rings. The van der Waals surface area contributed by atoms with Crippen LogP contribution in [0.15, 0.2) is 41.5 Å². The number of carbonyl (C=O) groups excluding carboxylic acids is 1. The second-order valence-corrected chi connectivity index (χ2v) is 13.0. The molecule has 0 saturated heterocycles. The van der Waals surface area contributed by atoms with Crippen molar-refractivity contribution in [1.29, 1.82) is 5.26 Å². The van der Waals surface area contributed by atoms with Crippen LogP contribution in [0.25, 0.3) is 11.9 Å². The van der Waals surface area contributed by atoms with Crippen molar-refractivity contribution in [1.82, 2.24) is 10.3 Å². The van der Waals surface area contributed by atoms with E-state index in [4.69, 9.17) is 10.00 Å². The molecule has 38 heavy (non-hydrogen) atoms. The Morgan fingerprint density at radius 2 is 1.95 bits per heavy atom. The summed E-state index contributed by atoms with van der Waals surface area (Å²) in [7, 11) is -3.88. The van der Waals surface area contributed by atoms with E-state index in [1.165, 1.54) is 37.4 Å². The zero-order valence-electron chi connectivity index (χ0n) is 21.5. The third-order valence-electron chi connectivity index (χ3n) is 6.64. The van der Waals surface area contributed by atoms with Crippen molar-refractivity contribution in [2.75, 3.05) is 5.75 Å². The van der Waals surface area contributed by atoms with E-state index >= 15 is 4.39 Å². The molecule has 1 amide bonds. The number of hydrogen-bond donors (Lipinski definition) is 1. The average Bonchev–Trinajstić information content (AvgIpc) is 2.77. The number of alkyl carbamates (subject to hydrolysis) is 1. The van der Waals surface area contributed by atoms with Crippen molar-refractivity contribution in [2.24, 2.45) is 4.99 Å². The summed E-state index contributed by atoms with van der Waals surface area (Å²) in [6, 6.07) is 8.47. The lowest BCUT2D eigenvalue weighted by molar-refractivity contribution is 0.0559. The Morgan fingerprint density at radius 1 is 1.24 bits per heavy atom. The van der Waals surface area contributed by atoms with Crippen LogP contribution >= 0.6 is 0 Å². The Bertz CT molecular complexity index is 1480. The molecule has 1 aliphatic heterocycles. The zero-order chi connectivity index (χ0) is 27.9. The van der Waals surface area contributed by atoms with Gasteiger partial charge in [0.2, 0.25) is 0 Å². The minimum atomic E-state index is -3.88. The molecule has 1 N–H and O–H groups in total. The van der Waals surface area contributed by atoms with Gasteiger partial charge in [-0.15, -0.1) is 0 Å². The standard InChI is InChI=1S/C27H28F2N4O4S/c1-25(2,3)37-24(34)32-23-27(10-5-11-27)38(35,36)16-26(4,33-23)19-12-17(6-8-20(19)28)13-21(29)22-9-7-18(14-30)15-31-22/h6-9,12-13,15H,5,10-11,16H2,1-4H3,(H,32,33,34)/b21-13-/t26-/m0/s1. The first-order chi connectivity index (χ1) is 17.7. The van der Waals surface area contributed by atoms with Crippen LogP contribution in [0.5, 0.6) is 0 Å². The summed E-state index contributed by atoms with van der Waals surface area (Å²) in [6.07, 6.45) is 2.73. The maximum Gasteiger partial charge on any atom is 0.413 e. The summed E-state index contributed by atoms with van der Waals surface area (Å²) in [4.78, 5) is 21.1. The van der Waals surface area contributed by atoms with Gasteiger partial charge in [-0.3, -0.25) is 15.3 Å². The van der Waals surface area contributed by atoms with E-state index in [0.29, 0.717) is 6.42 Å². The van der Waals surface area contributed by atoms with Crippen LogP contribution in [-0.2, 0) is 20.1 Å². The number of amides is 1. The van der Waals surface area contributed by atoms with Crippen molar-refractivity contribution in [3.63, 3.8) is 0 Å². The maximum absolute atomic E-state index is 15.2. The lowest BCUT2D eigenvalue weighted by Crippen LogP contribution is -2.64. The molecule has 4 rings (SSSR count). The minimum absolute atomic E-state index is 0.0184. The Morgan fingerprint density at radius 3 is 2.50 bits per heavy atom. The van der Waals surface area contributed by atoms with Crippen molar-refractivity contribution in [2.45, 2.75) is 62.8 Å². The molecule has 2 aliphatic rings. The first-order valence-corrected chi connectivity index (χ1v) is 13.7. The summed E-state index contributed by atoms with van der Waals surface area (Å²) in [6.45, 7) is 6.50. The number of nitrogens with one attached hydrogen (secondary N) is 1. The number of benzene rings is 1. The van der Waals surface area contributed by atoms with E-state index in [9.17, 15) is 17.6 Å². The van der Waals surface area contributed by atoms with E-state index < -0.39 is 49.2 Å². The van der Waals surface area contributed by atoms with Gasteiger partial charge in [-0.05, 0) is 82.9 Å². The lowest BCUT2D eigenvalue weighted by Gasteiger charge is -2.47. The van der Waals surface area contributed by atoms with Gasteiger partial charge in [0.25, 0.3) is 0 Å². The van der Waals surface area contributed by atoms with Crippen molar-refractivity contribution < 1.29 is 26.7 Å². The number of carbonyl (C=O) groups is 1. The van der Waals surface area contributed by atoms with Gasteiger partial charge >= 0.3 is 6.09 Å². The molecule has 0 unspecified atom stereocenters. The highest BCUT2D eigenvalue weighted by molar-refractivity contribution is 7.93. The van der Waals surface area contributed by atoms with Gasteiger partial charge in [-0.25, -0.2) is 22.0 Å². The number of aliphatic imine (C=N–C) groups is 1. The highest BCUT2D eigenvalue weighted by Gasteiger charge is 2.59. The molecular formula is C27H28F2N4O4S. The number of nitrogens with zero attached hydrogens (tertiary/aromatic N) is 3. The lowest BCUT2D eigenvalue weighted by atomic mass is 9.81. The number of halogens is 2. The molecule has 200 valence electrons. The Balaban J connectivity index is 1.75. The number of ether oxygens (including phenoxy) is 1. The van der Waals surface area contributed by atoms with Gasteiger partial charge in [0.05, 0.1) is 17.0 Å². The molecule has 11 heteroatoms. The zero-order valence-corrected chi connectivity index (χ0v) is 22.3. The number of hydrogen-bond acceptors (Lipinski definition) is 7. The number of rotatable bonds is 3.